The van der Waals surface area contributed by atoms with Gasteiger partial charge in [-0.1, -0.05) is 13.8 Å². The second-order valence-corrected chi connectivity index (χ2v) is 5.52. The fraction of sp³-hybridized carbons (Fsp3) is 0.875. The molecule has 0 radical (unpaired) electrons. The molecular weight excluding hydrogens is 176 g/mol. The molecule has 64 valence electrons. The zero-order chi connectivity index (χ0) is 8.27. The number of rotatable bonds is 3. The number of carbonyl (C=O) groups is 1. The van der Waals surface area contributed by atoms with E-state index in [-0.39, 0.29) is 5.92 Å². The Bertz CT molecular complexity index is 141. The van der Waals surface area contributed by atoms with Gasteiger partial charge in [0, 0.05) is 23.8 Å². The molecular formula is C8H14OS2. The first kappa shape index (κ1) is 9.46. The van der Waals surface area contributed by atoms with Crippen molar-refractivity contribution >= 4 is 29.3 Å². The van der Waals surface area contributed by atoms with Crippen molar-refractivity contribution in [1.82, 2.24) is 0 Å². The molecule has 0 N–H and O–H groups in total. The molecule has 0 aromatic heterocycles. The molecule has 11 heavy (non-hydrogen) atoms. The van der Waals surface area contributed by atoms with E-state index in [0.717, 1.165) is 0 Å². The highest BCUT2D eigenvalue weighted by atomic mass is 32.2. The maximum absolute atomic E-state index is 11.3. The highest BCUT2D eigenvalue weighted by Gasteiger charge is 2.26. The maximum atomic E-state index is 11.3. The molecule has 0 unspecified atom stereocenters. The monoisotopic (exact) mass is 190 g/mol. The van der Waals surface area contributed by atoms with Gasteiger partial charge in [0.2, 0.25) is 0 Å². The van der Waals surface area contributed by atoms with Crippen LogP contribution >= 0.6 is 23.5 Å². The molecule has 0 aromatic carbocycles. The van der Waals surface area contributed by atoms with E-state index < -0.39 is 0 Å². The lowest BCUT2D eigenvalue weighted by molar-refractivity contribution is -0.121. The summed E-state index contributed by atoms with van der Waals surface area (Å²) in [6, 6.07) is 0. The first-order valence-corrected chi connectivity index (χ1v) is 6.11. The summed E-state index contributed by atoms with van der Waals surface area (Å²) in [4.78, 5) is 11.3. The van der Waals surface area contributed by atoms with Crippen LogP contribution in [-0.4, -0.2) is 21.9 Å². The second-order valence-electron chi connectivity index (χ2n) is 2.72. The third-order valence-corrected chi connectivity index (χ3v) is 5.34. The van der Waals surface area contributed by atoms with Gasteiger partial charge >= 0.3 is 0 Å². The van der Waals surface area contributed by atoms with Gasteiger partial charge in [-0.3, -0.25) is 4.79 Å². The maximum Gasteiger partial charge on any atom is 0.137 e. The normalized spacial score (nSPS) is 22.0. The smallest absolute Gasteiger partial charge is 0.137 e. The summed E-state index contributed by atoms with van der Waals surface area (Å²) in [6.07, 6.45) is 0.693. The Hall–Kier alpha value is 0.370. The number of carbonyl (C=O) groups excluding carboxylic acids is 1. The summed E-state index contributed by atoms with van der Waals surface area (Å²) in [5, 5.41) is 0. The Kier molecular flexibility index (Phi) is 3.79. The lowest BCUT2D eigenvalue weighted by atomic mass is 10.1. The van der Waals surface area contributed by atoms with Gasteiger partial charge < -0.3 is 0 Å². The largest absolute Gasteiger partial charge is 0.299 e. The van der Waals surface area contributed by atoms with E-state index in [1.54, 1.807) is 0 Å². The van der Waals surface area contributed by atoms with Gasteiger partial charge in [-0.05, 0) is 0 Å². The first-order valence-electron chi connectivity index (χ1n) is 4.01. The second kappa shape index (κ2) is 4.41. The van der Waals surface area contributed by atoms with Crippen LogP contribution in [0.1, 0.15) is 20.3 Å². The fourth-order valence-electron chi connectivity index (χ4n) is 1.14. The molecule has 1 saturated heterocycles. The van der Waals surface area contributed by atoms with Crippen molar-refractivity contribution in [2.45, 2.75) is 24.9 Å². The lowest BCUT2D eigenvalue weighted by Gasteiger charge is -2.14. The van der Waals surface area contributed by atoms with E-state index in [0.29, 0.717) is 16.8 Å². The van der Waals surface area contributed by atoms with Crippen molar-refractivity contribution in [3.63, 3.8) is 0 Å². The van der Waals surface area contributed by atoms with Crippen LogP contribution in [0, 0.1) is 5.92 Å². The van der Waals surface area contributed by atoms with Crippen molar-refractivity contribution in [1.29, 1.82) is 0 Å². The summed E-state index contributed by atoms with van der Waals surface area (Å²) < 4.78 is 0.544. The molecule has 0 amide bonds. The Morgan fingerprint density at radius 2 is 2.09 bits per heavy atom. The van der Waals surface area contributed by atoms with E-state index in [2.05, 4.69) is 6.92 Å². The van der Waals surface area contributed by atoms with Gasteiger partial charge in [-0.25, -0.2) is 0 Å². The van der Waals surface area contributed by atoms with Crippen molar-refractivity contribution in [2.24, 2.45) is 5.92 Å². The Morgan fingerprint density at radius 1 is 1.55 bits per heavy atom. The molecule has 1 rings (SSSR count). The van der Waals surface area contributed by atoms with E-state index in [4.69, 9.17) is 0 Å². The van der Waals surface area contributed by atoms with Gasteiger partial charge in [-0.2, -0.15) is 0 Å². The molecule has 0 saturated carbocycles. The van der Waals surface area contributed by atoms with Gasteiger partial charge in [0.25, 0.3) is 0 Å². The highest BCUT2D eigenvalue weighted by molar-refractivity contribution is 8.20. The predicted molar refractivity (Wildman–Crippen MR) is 53.2 cm³/mol. The minimum absolute atomic E-state index is 0.262. The molecule has 0 bridgehead atoms. The van der Waals surface area contributed by atoms with E-state index >= 15 is 0 Å². The molecule has 1 heterocycles. The first-order chi connectivity index (χ1) is 5.25. The number of ketones is 1. The van der Waals surface area contributed by atoms with E-state index in [1.807, 2.05) is 30.4 Å². The molecule has 0 spiro atoms. The highest BCUT2D eigenvalue weighted by Crippen LogP contribution is 2.37. The third-order valence-electron chi connectivity index (χ3n) is 1.91. The van der Waals surface area contributed by atoms with Crippen molar-refractivity contribution < 1.29 is 4.79 Å². The van der Waals surface area contributed by atoms with Crippen molar-refractivity contribution in [2.75, 3.05) is 11.5 Å². The minimum atomic E-state index is 0.262. The van der Waals surface area contributed by atoms with E-state index in [9.17, 15) is 4.79 Å². The van der Waals surface area contributed by atoms with Crippen LogP contribution in [0.25, 0.3) is 0 Å². The Labute approximate surface area is 76.7 Å². The average Bonchev–Trinajstić information content (AvgIpc) is 2.53. The summed E-state index contributed by atoms with van der Waals surface area (Å²) >= 11 is 3.87. The Balaban J connectivity index is 2.39. The van der Waals surface area contributed by atoms with Gasteiger partial charge in [0.05, 0.1) is 4.58 Å². The summed E-state index contributed by atoms with van der Waals surface area (Å²) in [5.74, 6) is 3.11. The Morgan fingerprint density at radius 3 is 2.55 bits per heavy atom. The summed E-state index contributed by atoms with van der Waals surface area (Å²) in [7, 11) is 0. The SMILES string of the molecule is CCC(=O)[C@H](C)C1SCCS1. The summed E-state index contributed by atoms with van der Waals surface area (Å²) in [6.45, 7) is 4.00. The summed E-state index contributed by atoms with van der Waals surface area (Å²) in [5.41, 5.74) is 0. The van der Waals surface area contributed by atoms with Crippen molar-refractivity contribution in [3.8, 4) is 0 Å². The number of thioether (sulfide) groups is 2. The molecule has 1 fully saturated rings. The van der Waals surface area contributed by atoms with Crippen LogP contribution in [0.5, 0.6) is 0 Å². The zero-order valence-electron chi connectivity index (χ0n) is 7.00. The van der Waals surface area contributed by atoms with Gasteiger partial charge in [0.15, 0.2) is 0 Å². The zero-order valence-corrected chi connectivity index (χ0v) is 8.63. The minimum Gasteiger partial charge on any atom is -0.299 e. The molecule has 0 aromatic rings. The third kappa shape index (κ3) is 2.41. The van der Waals surface area contributed by atoms with Crippen LogP contribution in [0.15, 0.2) is 0 Å². The number of hydrogen-bond acceptors (Lipinski definition) is 3. The topological polar surface area (TPSA) is 17.1 Å². The van der Waals surface area contributed by atoms with Crippen LogP contribution < -0.4 is 0 Å². The molecule has 1 nitrogen and oxygen atoms in total. The number of Topliss-reactive ketones (excluding diaryl/α,β-unsaturated/α-hetero) is 1. The predicted octanol–water partition coefficient (Wildman–Crippen LogP) is 2.41. The standard InChI is InChI=1S/C8H14OS2/c1-3-7(9)6(2)8-10-4-5-11-8/h6,8H,3-5H2,1-2H3/t6-/m0/s1. The lowest BCUT2D eigenvalue weighted by Crippen LogP contribution is -2.18. The molecule has 3 heteroatoms. The molecule has 0 aliphatic carbocycles. The van der Waals surface area contributed by atoms with Crippen LogP contribution in [0.3, 0.4) is 0 Å². The number of hydrogen-bond donors (Lipinski definition) is 0. The quantitative estimate of drug-likeness (QED) is 0.680. The van der Waals surface area contributed by atoms with Gasteiger partial charge in [-0.15, -0.1) is 23.5 Å². The van der Waals surface area contributed by atoms with Crippen molar-refractivity contribution in [3.05, 3.63) is 0 Å². The van der Waals surface area contributed by atoms with Crippen LogP contribution in [-0.2, 0) is 4.79 Å². The van der Waals surface area contributed by atoms with Crippen LogP contribution in [0.2, 0.25) is 0 Å². The van der Waals surface area contributed by atoms with E-state index in [1.165, 1.54) is 11.5 Å². The molecule has 1 atom stereocenters. The molecule has 1 aliphatic heterocycles. The molecule has 1 aliphatic rings. The average molecular weight is 190 g/mol. The van der Waals surface area contributed by atoms with Gasteiger partial charge in [0.1, 0.15) is 5.78 Å². The fourth-order valence-corrected chi connectivity index (χ4v) is 4.22. The van der Waals surface area contributed by atoms with Crippen LogP contribution in [0.4, 0.5) is 0 Å².